The van der Waals surface area contributed by atoms with Crippen LogP contribution in [0, 0.1) is 0 Å². The van der Waals surface area contributed by atoms with Crippen molar-refractivity contribution < 1.29 is 4.42 Å². The summed E-state index contributed by atoms with van der Waals surface area (Å²) in [7, 11) is 0. The lowest BCUT2D eigenvalue weighted by Crippen LogP contribution is -2.04. The van der Waals surface area contributed by atoms with Crippen LogP contribution in [0.3, 0.4) is 0 Å². The van der Waals surface area contributed by atoms with E-state index in [0.717, 1.165) is 74.4 Å². The Morgan fingerprint density at radius 1 is 0.679 bits per heavy atom. The number of nitrogens with zero attached hydrogens (tertiary/aromatic N) is 3. The van der Waals surface area contributed by atoms with Gasteiger partial charge in [-0.1, -0.05) is 177 Å². The van der Waals surface area contributed by atoms with Crippen molar-refractivity contribution in [2.75, 3.05) is 0 Å². The lowest BCUT2D eigenvalue weighted by Gasteiger charge is -2.13. The molecule has 0 unspecified atom stereocenters. The summed E-state index contributed by atoms with van der Waals surface area (Å²) in [5.41, 5.74) is 7.87. The first-order chi connectivity index (χ1) is 27.7. The van der Waals surface area contributed by atoms with Gasteiger partial charge in [-0.15, -0.1) is 0 Å². The van der Waals surface area contributed by atoms with Crippen LogP contribution in [0.4, 0.5) is 0 Å². The Balaban J connectivity index is 1.29. The number of benzene rings is 4. The molecule has 4 aromatic carbocycles. The first-order valence-corrected chi connectivity index (χ1v) is 19.2. The van der Waals surface area contributed by atoms with E-state index >= 15 is 0 Å². The van der Waals surface area contributed by atoms with Crippen molar-refractivity contribution in [1.29, 1.82) is 0 Å². The Kier molecular flexibility index (Phi) is 12.3. The Morgan fingerprint density at radius 2 is 1.50 bits per heavy atom. The molecule has 0 amide bonds. The van der Waals surface area contributed by atoms with E-state index in [9.17, 15) is 0 Å². The van der Waals surface area contributed by atoms with Crippen LogP contribution in [-0.2, 0) is 6.42 Å². The molecule has 6 aromatic rings. The number of aromatic nitrogens is 3. The third-order valence-electron chi connectivity index (χ3n) is 9.49. The molecule has 0 radical (unpaired) electrons. The minimum absolute atomic E-state index is 0.613. The SMILES string of the molecule is C=C/C=C\C=C/Cc1ccc(-c2nc(C3=CCCC=C3)nc(-c3cccc4oc5cc(/C=C/C=C(\C=C/C)/C=C/C=C\C=C/C)ccc5c34)n2)c2ccccc12. The lowest BCUT2D eigenvalue weighted by atomic mass is 9.97. The molecular weight excluding hydrogens is 683 g/mol. The first-order valence-electron chi connectivity index (χ1n) is 19.2. The summed E-state index contributed by atoms with van der Waals surface area (Å²) in [6, 6.07) is 25.3. The molecule has 0 fully saturated rings. The standard InChI is InChI=1S/C52H45N3O/c1-4-7-9-11-14-23-38(22-6-3)24-20-25-39-33-35-45-48(37-39)56-47-32-21-31-46(49(45)47)52-54-50(41-27-16-13-17-28-41)53-51(55-52)44-36-34-40(26-15-12-10-8-5-2)42-29-18-19-30-43(42)44/h4-12,14-16,18-25,27-37H,2,13,17,26H2,1,3H3/b7-4-,10-8-,11-9-,15-12-,22-6-,23-14+,25-20+,38-24+. The number of allylic oxidation sites excluding steroid dienone is 20. The van der Waals surface area contributed by atoms with Crippen LogP contribution in [0.1, 0.15) is 43.6 Å². The lowest BCUT2D eigenvalue weighted by molar-refractivity contribution is 0.669. The van der Waals surface area contributed by atoms with E-state index in [1.807, 2.05) is 74.6 Å². The highest BCUT2D eigenvalue weighted by Gasteiger charge is 2.19. The molecule has 0 bridgehead atoms. The van der Waals surface area contributed by atoms with E-state index in [1.165, 1.54) is 10.9 Å². The molecule has 4 heteroatoms. The number of hydrogen-bond acceptors (Lipinski definition) is 4. The normalized spacial score (nSPS) is 14.2. The molecular formula is C52H45N3O. The molecule has 2 aromatic heterocycles. The Hall–Kier alpha value is -6.91. The number of furan rings is 1. The molecule has 0 atom stereocenters. The maximum absolute atomic E-state index is 6.50. The van der Waals surface area contributed by atoms with Gasteiger partial charge in [0.2, 0.25) is 0 Å². The Morgan fingerprint density at radius 3 is 2.32 bits per heavy atom. The highest BCUT2D eigenvalue weighted by Crippen LogP contribution is 2.38. The summed E-state index contributed by atoms with van der Waals surface area (Å²) < 4.78 is 6.50. The minimum atomic E-state index is 0.613. The van der Waals surface area contributed by atoms with E-state index in [-0.39, 0.29) is 0 Å². The largest absolute Gasteiger partial charge is 0.456 e. The molecule has 0 saturated carbocycles. The summed E-state index contributed by atoms with van der Waals surface area (Å²) in [5.74, 6) is 1.92. The molecule has 1 aliphatic rings. The maximum atomic E-state index is 6.50. The zero-order chi connectivity index (χ0) is 38.5. The van der Waals surface area contributed by atoms with Crippen molar-refractivity contribution in [3.63, 3.8) is 0 Å². The molecule has 1 aliphatic carbocycles. The van der Waals surface area contributed by atoms with Crippen molar-refractivity contribution in [2.45, 2.75) is 33.1 Å². The molecule has 2 heterocycles. The summed E-state index contributed by atoms with van der Waals surface area (Å²) in [6.07, 6.45) is 41.8. The second-order valence-corrected chi connectivity index (χ2v) is 13.3. The number of rotatable bonds is 13. The van der Waals surface area contributed by atoms with Gasteiger partial charge in [-0.05, 0) is 78.8 Å². The summed E-state index contributed by atoms with van der Waals surface area (Å²) >= 11 is 0. The topological polar surface area (TPSA) is 51.8 Å². The highest BCUT2D eigenvalue weighted by molar-refractivity contribution is 6.12. The van der Waals surface area contributed by atoms with Crippen LogP contribution >= 0.6 is 0 Å². The average Bonchev–Trinajstić information content (AvgIpc) is 3.62. The van der Waals surface area contributed by atoms with Gasteiger partial charge >= 0.3 is 0 Å². The van der Waals surface area contributed by atoms with Gasteiger partial charge in [-0.2, -0.15) is 0 Å². The van der Waals surface area contributed by atoms with Crippen molar-refractivity contribution in [3.8, 4) is 22.8 Å². The van der Waals surface area contributed by atoms with Gasteiger partial charge in [0.15, 0.2) is 17.5 Å². The van der Waals surface area contributed by atoms with Crippen molar-refractivity contribution in [3.05, 3.63) is 211 Å². The van der Waals surface area contributed by atoms with E-state index in [1.54, 1.807) is 6.08 Å². The van der Waals surface area contributed by atoms with Crippen LogP contribution in [0.2, 0.25) is 0 Å². The van der Waals surface area contributed by atoms with E-state index in [4.69, 9.17) is 19.4 Å². The number of fused-ring (bicyclic) bond motifs is 4. The summed E-state index contributed by atoms with van der Waals surface area (Å²) in [6.45, 7) is 7.79. The second kappa shape index (κ2) is 18.4. The van der Waals surface area contributed by atoms with Gasteiger partial charge in [0.05, 0.1) is 0 Å². The van der Waals surface area contributed by atoms with Gasteiger partial charge < -0.3 is 4.42 Å². The predicted octanol–water partition coefficient (Wildman–Crippen LogP) is 14.0. The van der Waals surface area contributed by atoms with Crippen molar-refractivity contribution in [2.24, 2.45) is 0 Å². The fourth-order valence-corrected chi connectivity index (χ4v) is 6.84. The molecule has 4 nitrogen and oxygen atoms in total. The quantitative estimate of drug-likeness (QED) is 0.111. The van der Waals surface area contributed by atoms with Crippen LogP contribution in [0.5, 0.6) is 0 Å². The minimum Gasteiger partial charge on any atom is -0.456 e. The average molecular weight is 728 g/mol. The smallest absolute Gasteiger partial charge is 0.164 e. The zero-order valence-corrected chi connectivity index (χ0v) is 32.0. The van der Waals surface area contributed by atoms with Crippen molar-refractivity contribution in [1.82, 2.24) is 15.0 Å². The van der Waals surface area contributed by atoms with Crippen LogP contribution in [-0.4, -0.2) is 15.0 Å². The van der Waals surface area contributed by atoms with Gasteiger partial charge in [-0.25, -0.2) is 15.0 Å². The predicted molar refractivity (Wildman–Crippen MR) is 239 cm³/mol. The Bertz CT molecular complexity index is 2700. The third-order valence-corrected chi connectivity index (χ3v) is 9.49. The fraction of sp³-hybridized carbons (Fsp3) is 0.0962. The fourth-order valence-electron chi connectivity index (χ4n) is 6.84. The highest BCUT2D eigenvalue weighted by atomic mass is 16.3. The molecule has 0 aliphatic heterocycles. The summed E-state index contributed by atoms with van der Waals surface area (Å²) in [5, 5.41) is 4.28. The monoisotopic (exact) mass is 727 g/mol. The zero-order valence-electron chi connectivity index (χ0n) is 32.0. The summed E-state index contributed by atoms with van der Waals surface area (Å²) in [4.78, 5) is 15.5. The third kappa shape index (κ3) is 8.72. The van der Waals surface area contributed by atoms with Gasteiger partial charge in [0, 0.05) is 27.5 Å². The molecule has 0 N–H and O–H groups in total. The van der Waals surface area contributed by atoms with Crippen LogP contribution in [0.25, 0.3) is 67.1 Å². The van der Waals surface area contributed by atoms with Gasteiger partial charge in [0.25, 0.3) is 0 Å². The van der Waals surface area contributed by atoms with E-state index in [0.29, 0.717) is 17.5 Å². The maximum Gasteiger partial charge on any atom is 0.164 e. The Labute approximate surface area is 329 Å². The van der Waals surface area contributed by atoms with Crippen molar-refractivity contribution >= 4 is 44.4 Å². The van der Waals surface area contributed by atoms with E-state index < -0.39 is 0 Å². The number of hydrogen-bond donors (Lipinski definition) is 0. The molecule has 7 rings (SSSR count). The second-order valence-electron chi connectivity index (χ2n) is 13.3. The van der Waals surface area contributed by atoms with Gasteiger partial charge in [0.1, 0.15) is 11.2 Å². The first kappa shape index (κ1) is 37.4. The van der Waals surface area contributed by atoms with Crippen LogP contribution < -0.4 is 0 Å². The molecule has 0 spiro atoms. The van der Waals surface area contributed by atoms with E-state index in [2.05, 4.69) is 128 Å². The molecule has 56 heavy (non-hydrogen) atoms. The van der Waals surface area contributed by atoms with Gasteiger partial charge in [-0.3, -0.25) is 0 Å². The molecule has 274 valence electrons. The van der Waals surface area contributed by atoms with Crippen LogP contribution in [0.15, 0.2) is 199 Å². The molecule has 0 saturated heterocycles.